The van der Waals surface area contributed by atoms with E-state index in [4.69, 9.17) is 10.5 Å². The molecule has 4 nitrogen and oxygen atoms in total. The Morgan fingerprint density at radius 1 is 1.24 bits per heavy atom. The van der Waals surface area contributed by atoms with Gasteiger partial charge in [0.2, 0.25) is 5.91 Å². The number of nitrogens with one attached hydrogen (secondary N) is 1. The molecule has 0 fully saturated rings. The van der Waals surface area contributed by atoms with E-state index < -0.39 is 0 Å². The molecular formula is C17H20N2O2. The zero-order valence-electron chi connectivity index (χ0n) is 12.3. The summed E-state index contributed by atoms with van der Waals surface area (Å²) >= 11 is 0. The van der Waals surface area contributed by atoms with Gasteiger partial charge in [0.25, 0.3) is 0 Å². The second kappa shape index (κ2) is 6.79. The van der Waals surface area contributed by atoms with Crippen molar-refractivity contribution in [2.45, 2.75) is 19.4 Å². The van der Waals surface area contributed by atoms with Gasteiger partial charge in [0, 0.05) is 11.3 Å². The summed E-state index contributed by atoms with van der Waals surface area (Å²) in [6.45, 7) is 1.94. The normalized spacial score (nSPS) is 11.7. The maximum absolute atomic E-state index is 12.2. The van der Waals surface area contributed by atoms with Crippen LogP contribution in [0.5, 0.6) is 5.75 Å². The molecule has 0 radical (unpaired) electrons. The second-order valence-corrected chi connectivity index (χ2v) is 4.95. The van der Waals surface area contributed by atoms with Crippen molar-refractivity contribution in [1.82, 2.24) is 5.32 Å². The van der Waals surface area contributed by atoms with E-state index in [2.05, 4.69) is 5.32 Å². The van der Waals surface area contributed by atoms with Gasteiger partial charge in [-0.1, -0.05) is 30.3 Å². The first-order valence-corrected chi connectivity index (χ1v) is 6.87. The summed E-state index contributed by atoms with van der Waals surface area (Å²) in [5.41, 5.74) is 8.31. The summed E-state index contributed by atoms with van der Waals surface area (Å²) in [6.07, 6.45) is 0.288. The Hall–Kier alpha value is -2.49. The van der Waals surface area contributed by atoms with E-state index in [9.17, 15) is 4.79 Å². The fourth-order valence-electron chi connectivity index (χ4n) is 2.23. The molecule has 0 heterocycles. The van der Waals surface area contributed by atoms with Gasteiger partial charge in [-0.15, -0.1) is 0 Å². The smallest absolute Gasteiger partial charge is 0.225 e. The third-order valence-electron chi connectivity index (χ3n) is 3.33. The fourth-order valence-corrected chi connectivity index (χ4v) is 2.23. The number of benzene rings is 2. The first-order valence-electron chi connectivity index (χ1n) is 6.87. The van der Waals surface area contributed by atoms with Crippen molar-refractivity contribution in [1.29, 1.82) is 0 Å². The zero-order valence-corrected chi connectivity index (χ0v) is 12.3. The molecule has 110 valence electrons. The number of carbonyl (C=O) groups excluding carboxylic acids is 1. The summed E-state index contributed by atoms with van der Waals surface area (Å²) in [4.78, 5) is 12.2. The van der Waals surface area contributed by atoms with E-state index in [0.717, 1.165) is 16.9 Å². The summed E-state index contributed by atoms with van der Waals surface area (Å²) in [5.74, 6) is 0.679. The molecule has 21 heavy (non-hydrogen) atoms. The quantitative estimate of drug-likeness (QED) is 0.830. The van der Waals surface area contributed by atoms with Crippen LogP contribution in [0.15, 0.2) is 48.5 Å². The molecule has 1 unspecified atom stereocenters. The number of nitrogen functional groups attached to an aromatic ring is 1. The highest BCUT2D eigenvalue weighted by Crippen LogP contribution is 2.19. The lowest BCUT2D eigenvalue weighted by Crippen LogP contribution is -2.28. The molecule has 0 bridgehead atoms. The molecule has 1 amide bonds. The van der Waals surface area contributed by atoms with E-state index in [-0.39, 0.29) is 18.4 Å². The van der Waals surface area contributed by atoms with Crippen LogP contribution in [0.3, 0.4) is 0 Å². The van der Waals surface area contributed by atoms with Gasteiger partial charge in [-0.3, -0.25) is 4.79 Å². The maximum Gasteiger partial charge on any atom is 0.225 e. The van der Waals surface area contributed by atoms with Crippen molar-refractivity contribution in [3.63, 3.8) is 0 Å². The van der Waals surface area contributed by atoms with Crippen LogP contribution in [0.25, 0.3) is 0 Å². The van der Waals surface area contributed by atoms with E-state index in [1.807, 2.05) is 55.5 Å². The molecule has 0 saturated heterocycles. The molecule has 0 saturated carbocycles. The topological polar surface area (TPSA) is 64.3 Å². The monoisotopic (exact) mass is 284 g/mol. The molecule has 0 spiro atoms. The van der Waals surface area contributed by atoms with Crippen molar-refractivity contribution < 1.29 is 9.53 Å². The van der Waals surface area contributed by atoms with Crippen LogP contribution in [0.1, 0.15) is 24.1 Å². The first kappa shape index (κ1) is 14.9. The third kappa shape index (κ3) is 3.99. The van der Waals surface area contributed by atoms with Gasteiger partial charge in [-0.2, -0.15) is 0 Å². The second-order valence-electron chi connectivity index (χ2n) is 4.95. The zero-order chi connectivity index (χ0) is 15.2. The Labute approximate surface area is 124 Å². The summed E-state index contributed by atoms with van der Waals surface area (Å²) in [5, 5.41) is 2.97. The number of rotatable bonds is 5. The number of methoxy groups -OCH3 is 1. The van der Waals surface area contributed by atoms with Crippen molar-refractivity contribution in [2.24, 2.45) is 0 Å². The van der Waals surface area contributed by atoms with Crippen LogP contribution in [0.2, 0.25) is 0 Å². The van der Waals surface area contributed by atoms with Crippen molar-refractivity contribution in [2.75, 3.05) is 12.8 Å². The number of ether oxygens (including phenoxy) is 1. The molecule has 2 rings (SSSR count). The van der Waals surface area contributed by atoms with Gasteiger partial charge in [-0.25, -0.2) is 0 Å². The lowest BCUT2D eigenvalue weighted by Gasteiger charge is -2.15. The Balaban J connectivity index is 2.01. The first-order chi connectivity index (χ1) is 10.1. The van der Waals surface area contributed by atoms with Crippen LogP contribution < -0.4 is 15.8 Å². The number of amides is 1. The van der Waals surface area contributed by atoms with Gasteiger partial charge >= 0.3 is 0 Å². The van der Waals surface area contributed by atoms with Gasteiger partial charge in [-0.05, 0) is 30.7 Å². The van der Waals surface area contributed by atoms with Crippen LogP contribution in [-0.4, -0.2) is 13.0 Å². The lowest BCUT2D eigenvalue weighted by atomic mass is 10.1. The Morgan fingerprint density at radius 3 is 2.71 bits per heavy atom. The van der Waals surface area contributed by atoms with E-state index in [0.29, 0.717) is 5.69 Å². The average molecular weight is 284 g/mol. The summed E-state index contributed by atoms with van der Waals surface area (Å²) < 4.78 is 5.26. The SMILES string of the molecule is COc1ccccc1CC(=O)NC(C)c1cccc(N)c1. The number of carbonyl (C=O) groups is 1. The standard InChI is InChI=1S/C17H20N2O2/c1-12(13-7-5-8-15(18)10-13)19-17(20)11-14-6-3-4-9-16(14)21-2/h3-10,12H,11,18H2,1-2H3,(H,19,20). The van der Waals surface area contributed by atoms with Crippen molar-refractivity contribution >= 4 is 11.6 Å². The maximum atomic E-state index is 12.2. The number of anilines is 1. The molecule has 0 aliphatic heterocycles. The molecule has 0 aromatic heterocycles. The highest BCUT2D eigenvalue weighted by molar-refractivity contribution is 5.79. The predicted molar refractivity (Wildman–Crippen MR) is 84.1 cm³/mol. The van der Waals surface area contributed by atoms with Crippen LogP contribution in [-0.2, 0) is 11.2 Å². The van der Waals surface area contributed by atoms with Gasteiger partial charge in [0.05, 0.1) is 19.6 Å². The van der Waals surface area contributed by atoms with Crippen molar-refractivity contribution in [3.05, 3.63) is 59.7 Å². The fraction of sp³-hybridized carbons (Fsp3) is 0.235. The van der Waals surface area contributed by atoms with Crippen LogP contribution >= 0.6 is 0 Å². The minimum atomic E-state index is -0.0873. The van der Waals surface area contributed by atoms with Crippen LogP contribution in [0.4, 0.5) is 5.69 Å². The molecule has 2 aromatic rings. The molecular weight excluding hydrogens is 264 g/mol. The molecule has 4 heteroatoms. The van der Waals surface area contributed by atoms with E-state index in [1.165, 1.54) is 0 Å². The molecule has 0 aliphatic rings. The average Bonchev–Trinajstić information content (AvgIpc) is 2.47. The number of hydrogen-bond acceptors (Lipinski definition) is 3. The summed E-state index contributed by atoms with van der Waals surface area (Å²) in [7, 11) is 1.60. The Bertz CT molecular complexity index is 626. The highest BCUT2D eigenvalue weighted by Gasteiger charge is 2.12. The van der Waals surface area contributed by atoms with E-state index >= 15 is 0 Å². The Morgan fingerprint density at radius 2 is 2.00 bits per heavy atom. The van der Waals surface area contributed by atoms with Crippen molar-refractivity contribution in [3.8, 4) is 5.75 Å². The highest BCUT2D eigenvalue weighted by atomic mass is 16.5. The predicted octanol–water partition coefficient (Wildman–Crippen LogP) is 2.70. The molecule has 3 N–H and O–H groups in total. The summed E-state index contributed by atoms with van der Waals surface area (Å²) in [6, 6.07) is 15.0. The number of para-hydroxylation sites is 1. The molecule has 2 aromatic carbocycles. The van der Waals surface area contributed by atoms with Crippen LogP contribution in [0, 0.1) is 0 Å². The Kier molecular flexibility index (Phi) is 4.82. The lowest BCUT2D eigenvalue weighted by molar-refractivity contribution is -0.121. The number of nitrogens with two attached hydrogens (primary N) is 1. The minimum Gasteiger partial charge on any atom is -0.496 e. The van der Waals surface area contributed by atoms with Gasteiger partial charge in [0.15, 0.2) is 0 Å². The molecule has 1 atom stereocenters. The van der Waals surface area contributed by atoms with Gasteiger partial charge < -0.3 is 15.8 Å². The molecule has 0 aliphatic carbocycles. The largest absolute Gasteiger partial charge is 0.496 e. The third-order valence-corrected chi connectivity index (χ3v) is 3.33. The van der Waals surface area contributed by atoms with E-state index in [1.54, 1.807) is 7.11 Å². The van der Waals surface area contributed by atoms with Gasteiger partial charge in [0.1, 0.15) is 5.75 Å². The minimum absolute atomic E-state index is 0.0468. The number of hydrogen-bond donors (Lipinski definition) is 2.